The molecule has 12 nitrogen and oxygen atoms in total. The van der Waals surface area contributed by atoms with Gasteiger partial charge in [-0.3, -0.25) is 19.3 Å². The lowest BCUT2D eigenvalue weighted by molar-refractivity contribution is -0.150. The van der Waals surface area contributed by atoms with Gasteiger partial charge in [0.25, 0.3) is 11.8 Å². The van der Waals surface area contributed by atoms with Crippen LogP contribution in [0.25, 0.3) is 0 Å². The summed E-state index contributed by atoms with van der Waals surface area (Å²) < 4.78 is 0. The molecule has 2 saturated heterocycles. The summed E-state index contributed by atoms with van der Waals surface area (Å²) in [5, 5.41) is 25.4. The maximum Gasteiger partial charge on any atom is 0.352 e. The van der Waals surface area contributed by atoms with E-state index >= 15 is 0 Å². The zero-order valence-corrected chi connectivity index (χ0v) is 20.4. The standard InChI is InChI=1S/C14H13N5O5S2.C6H7NOS/c1-2-5-3-25-12-8(11(21)19(12)9(5)13(22)23)17-10(20)7(18-24)6-4-26-14(15)16-6;8-5-4-6-7(5)2-1-3-9-6/h2,4,8,12,24H,1,3H2,(H2,15,16)(H,17,20)(H,22,23);1-2,6H,3-4H2/b18-7-;/t8-,12-;6-/m11/s1. The van der Waals surface area contributed by atoms with Crippen LogP contribution in [0, 0.1) is 0 Å². The molecule has 4 aliphatic rings. The zero-order chi connectivity index (χ0) is 25.3. The molecule has 4 aliphatic heterocycles. The van der Waals surface area contributed by atoms with E-state index in [2.05, 4.69) is 22.0 Å². The van der Waals surface area contributed by atoms with Gasteiger partial charge in [0, 0.05) is 23.1 Å². The molecule has 5 heterocycles. The highest BCUT2D eigenvalue weighted by molar-refractivity contribution is 8.00. The van der Waals surface area contributed by atoms with Crippen LogP contribution in [0.5, 0.6) is 0 Å². The number of allylic oxidation sites excluding steroid dienone is 1. The number of thioether (sulfide) groups is 2. The summed E-state index contributed by atoms with van der Waals surface area (Å²) in [6.07, 6.45) is 6.06. The number of anilines is 1. The minimum absolute atomic E-state index is 0.0764. The van der Waals surface area contributed by atoms with Gasteiger partial charge < -0.3 is 26.3 Å². The number of aromatic nitrogens is 1. The topological polar surface area (TPSA) is 179 Å². The maximum atomic E-state index is 12.4. The van der Waals surface area contributed by atoms with Crippen molar-refractivity contribution in [2.24, 2.45) is 5.16 Å². The summed E-state index contributed by atoms with van der Waals surface area (Å²) in [5.74, 6) is -0.944. The number of amides is 3. The lowest BCUT2D eigenvalue weighted by Gasteiger charge is -2.49. The van der Waals surface area contributed by atoms with Crippen molar-refractivity contribution in [3.05, 3.63) is 47.3 Å². The number of oxime groups is 1. The third-order valence-electron chi connectivity index (χ3n) is 5.41. The molecule has 3 amide bonds. The monoisotopic (exact) mass is 536 g/mol. The average Bonchev–Trinajstić information content (AvgIpc) is 3.27. The van der Waals surface area contributed by atoms with Crippen LogP contribution in [0.4, 0.5) is 5.13 Å². The van der Waals surface area contributed by atoms with Crippen molar-refractivity contribution in [3.63, 3.8) is 0 Å². The van der Waals surface area contributed by atoms with Crippen LogP contribution >= 0.6 is 34.9 Å². The molecule has 15 heteroatoms. The van der Waals surface area contributed by atoms with E-state index < -0.39 is 29.2 Å². The molecule has 2 fully saturated rings. The fraction of sp³-hybridized carbons (Fsp3) is 0.300. The lowest BCUT2D eigenvalue weighted by Crippen LogP contribution is -2.71. The molecule has 3 atom stereocenters. The number of carboxylic acid groups (broad SMARTS) is 1. The molecule has 0 unspecified atom stereocenters. The predicted octanol–water partition coefficient (Wildman–Crippen LogP) is 0.634. The number of carbonyl (C=O) groups excluding carboxylic acids is 3. The van der Waals surface area contributed by atoms with Crippen molar-refractivity contribution in [2.75, 3.05) is 17.2 Å². The fourth-order valence-electron chi connectivity index (χ4n) is 3.66. The molecule has 35 heavy (non-hydrogen) atoms. The van der Waals surface area contributed by atoms with Gasteiger partial charge >= 0.3 is 5.97 Å². The molecular formula is C20H20N6O6S3. The number of carboxylic acids is 1. The van der Waals surface area contributed by atoms with E-state index in [4.69, 9.17) is 10.9 Å². The summed E-state index contributed by atoms with van der Waals surface area (Å²) >= 11 is 4.20. The summed E-state index contributed by atoms with van der Waals surface area (Å²) in [6, 6.07) is -0.944. The third-order valence-corrected chi connectivity index (χ3v) is 8.55. The minimum Gasteiger partial charge on any atom is -0.477 e. The maximum absolute atomic E-state index is 12.4. The Hall–Kier alpha value is -3.30. The molecule has 0 aliphatic carbocycles. The van der Waals surface area contributed by atoms with Gasteiger partial charge in [0.15, 0.2) is 10.8 Å². The summed E-state index contributed by atoms with van der Waals surface area (Å²) in [7, 11) is 0. The van der Waals surface area contributed by atoms with E-state index in [-0.39, 0.29) is 28.1 Å². The second-order valence-corrected chi connectivity index (χ2v) is 10.6. The van der Waals surface area contributed by atoms with E-state index in [9.17, 15) is 24.3 Å². The first-order valence-electron chi connectivity index (χ1n) is 10.1. The zero-order valence-electron chi connectivity index (χ0n) is 18.0. The largest absolute Gasteiger partial charge is 0.477 e. The first-order chi connectivity index (χ1) is 16.8. The first kappa shape index (κ1) is 24.8. The number of nitrogens with two attached hydrogens (primary N) is 1. The van der Waals surface area contributed by atoms with E-state index in [1.54, 1.807) is 4.90 Å². The smallest absolute Gasteiger partial charge is 0.352 e. The molecule has 5 N–H and O–H groups in total. The number of hydrogen-bond donors (Lipinski definition) is 4. The molecule has 0 aromatic carbocycles. The van der Waals surface area contributed by atoms with E-state index in [0.717, 1.165) is 28.4 Å². The van der Waals surface area contributed by atoms with Crippen LogP contribution in [0.2, 0.25) is 0 Å². The van der Waals surface area contributed by atoms with Gasteiger partial charge in [-0.15, -0.1) is 34.9 Å². The van der Waals surface area contributed by atoms with E-state index in [0.29, 0.717) is 16.7 Å². The predicted molar refractivity (Wildman–Crippen MR) is 132 cm³/mol. The quantitative estimate of drug-likeness (QED) is 0.181. The molecule has 1 aromatic rings. The highest BCUT2D eigenvalue weighted by Gasteiger charge is 2.54. The number of nitrogen functional groups attached to an aromatic ring is 1. The number of thiazole rings is 1. The Morgan fingerprint density at radius 3 is 2.66 bits per heavy atom. The van der Waals surface area contributed by atoms with Crippen LogP contribution in [-0.2, 0) is 19.2 Å². The summed E-state index contributed by atoms with van der Waals surface area (Å²) in [6.45, 7) is 3.56. The van der Waals surface area contributed by atoms with Crippen LogP contribution in [0.15, 0.2) is 46.7 Å². The average molecular weight is 537 g/mol. The number of aliphatic carboxylic acids is 1. The molecule has 0 bridgehead atoms. The van der Waals surface area contributed by atoms with Gasteiger partial charge in [-0.2, -0.15) is 0 Å². The molecule has 184 valence electrons. The Labute approximate surface area is 211 Å². The van der Waals surface area contributed by atoms with Gasteiger partial charge in [0.2, 0.25) is 5.91 Å². The van der Waals surface area contributed by atoms with Crippen molar-refractivity contribution in [3.8, 4) is 0 Å². The van der Waals surface area contributed by atoms with Gasteiger partial charge in [-0.25, -0.2) is 9.78 Å². The number of carbonyl (C=O) groups is 4. The van der Waals surface area contributed by atoms with Crippen molar-refractivity contribution in [2.45, 2.75) is 23.2 Å². The second kappa shape index (κ2) is 10.1. The Morgan fingerprint density at radius 1 is 1.34 bits per heavy atom. The van der Waals surface area contributed by atoms with Crippen molar-refractivity contribution >= 4 is 69.4 Å². The number of hydrogen-bond acceptors (Lipinski definition) is 11. The molecule has 0 saturated carbocycles. The molecule has 1 aromatic heterocycles. The SMILES string of the molecule is C=CC1=C(C(=O)O)N2C(=O)[C@@H](NC(=O)/C(=N\O)c3csc(N)n3)[C@H]2SC1.O=C1C[C@H]2SCC=CN12. The minimum atomic E-state index is -1.24. The van der Waals surface area contributed by atoms with E-state index in [1.165, 1.54) is 23.2 Å². The Balaban J connectivity index is 0.000000266. The normalized spacial score (nSPS) is 24.9. The summed E-state index contributed by atoms with van der Waals surface area (Å²) in [4.78, 5) is 53.7. The summed E-state index contributed by atoms with van der Waals surface area (Å²) in [5.41, 5.74) is 5.49. The van der Waals surface area contributed by atoms with Gasteiger partial charge in [0.1, 0.15) is 22.8 Å². The third kappa shape index (κ3) is 4.66. The number of nitrogens with zero attached hydrogens (tertiary/aromatic N) is 4. The highest BCUT2D eigenvalue weighted by Crippen LogP contribution is 2.40. The van der Waals surface area contributed by atoms with E-state index in [1.807, 2.05) is 24.0 Å². The molecular weight excluding hydrogens is 516 g/mol. The van der Waals surface area contributed by atoms with Crippen molar-refractivity contribution in [1.82, 2.24) is 20.1 Å². The van der Waals surface area contributed by atoms with Crippen LogP contribution in [0.3, 0.4) is 0 Å². The lowest BCUT2D eigenvalue weighted by atomic mass is 10.0. The van der Waals surface area contributed by atoms with Gasteiger partial charge in [-0.05, 0) is 5.57 Å². The highest BCUT2D eigenvalue weighted by atomic mass is 32.2. The number of rotatable bonds is 5. The number of β-lactam (4-membered cyclic amide) rings is 2. The Morgan fingerprint density at radius 2 is 2.11 bits per heavy atom. The van der Waals surface area contributed by atoms with Crippen LogP contribution < -0.4 is 11.1 Å². The number of fused-ring (bicyclic) bond motifs is 2. The van der Waals surface area contributed by atoms with Gasteiger partial charge in [-0.1, -0.05) is 23.9 Å². The van der Waals surface area contributed by atoms with Crippen molar-refractivity contribution < 1.29 is 29.5 Å². The van der Waals surface area contributed by atoms with Crippen LogP contribution in [-0.4, -0.2) is 82.8 Å². The second-order valence-electron chi connectivity index (χ2n) is 7.44. The molecule has 0 radical (unpaired) electrons. The van der Waals surface area contributed by atoms with Crippen molar-refractivity contribution in [1.29, 1.82) is 0 Å². The molecule has 0 spiro atoms. The first-order valence-corrected chi connectivity index (χ1v) is 13.1. The van der Waals surface area contributed by atoms with Crippen LogP contribution in [0.1, 0.15) is 12.1 Å². The Kier molecular flexibility index (Phi) is 7.18. The Bertz CT molecular complexity index is 1190. The number of nitrogens with one attached hydrogen (secondary N) is 1. The van der Waals surface area contributed by atoms with Gasteiger partial charge in [0.05, 0.1) is 11.8 Å². The fourth-order valence-corrected chi connectivity index (χ4v) is 6.58. The molecule has 5 rings (SSSR count).